The Balaban J connectivity index is 1.38. The summed E-state index contributed by atoms with van der Waals surface area (Å²) < 4.78 is 11.1. The molecule has 2 aliphatic heterocycles. The SMILES string of the molecule is COC[C@H](CN(C(C)C)C(C)C)Nc1ccc2c(c1)Sc1cccc(-c3cc(N4CCOCC4)cc(=O)[nH]3)c1S2. The van der Waals surface area contributed by atoms with Gasteiger partial charge < -0.3 is 24.7 Å². The fourth-order valence-electron chi connectivity index (χ4n) is 5.43. The van der Waals surface area contributed by atoms with E-state index in [-0.39, 0.29) is 11.6 Å². The second-order valence-corrected chi connectivity index (χ2v) is 13.0. The zero-order chi connectivity index (χ0) is 28.2. The van der Waals surface area contributed by atoms with E-state index in [4.69, 9.17) is 9.47 Å². The van der Waals surface area contributed by atoms with Gasteiger partial charge in [-0.3, -0.25) is 9.69 Å². The molecule has 0 radical (unpaired) electrons. The van der Waals surface area contributed by atoms with Crippen LogP contribution in [0, 0.1) is 0 Å². The first-order valence-corrected chi connectivity index (χ1v) is 15.7. The highest BCUT2D eigenvalue weighted by atomic mass is 32.2. The molecule has 0 unspecified atom stereocenters. The number of pyridine rings is 1. The molecular weight excluding hydrogens is 541 g/mol. The van der Waals surface area contributed by atoms with Gasteiger partial charge in [0, 0.05) is 81.4 Å². The predicted molar refractivity (Wildman–Crippen MR) is 166 cm³/mol. The number of morpholine rings is 1. The van der Waals surface area contributed by atoms with Crippen molar-refractivity contribution in [1.29, 1.82) is 0 Å². The number of nitrogens with one attached hydrogen (secondary N) is 2. The van der Waals surface area contributed by atoms with Crippen LogP contribution >= 0.6 is 23.5 Å². The van der Waals surface area contributed by atoms with Gasteiger partial charge in [-0.2, -0.15) is 0 Å². The fourth-order valence-corrected chi connectivity index (χ4v) is 7.84. The molecule has 0 saturated carbocycles. The molecule has 3 heterocycles. The van der Waals surface area contributed by atoms with Crippen LogP contribution in [-0.2, 0) is 9.47 Å². The van der Waals surface area contributed by atoms with Gasteiger partial charge in [0.25, 0.3) is 0 Å². The van der Waals surface area contributed by atoms with E-state index < -0.39 is 0 Å². The van der Waals surface area contributed by atoms with Crippen LogP contribution in [0.25, 0.3) is 11.3 Å². The van der Waals surface area contributed by atoms with Crippen molar-refractivity contribution < 1.29 is 9.47 Å². The van der Waals surface area contributed by atoms with Crippen LogP contribution in [0.2, 0.25) is 0 Å². The third kappa shape index (κ3) is 6.71. The van der Waals surface area contributed by atoms with Crippen LogP contribution in [0.5, 0.6) is 0 Å². The van der Waals surface area contributed by atoms with Gasteiger partial charge in [-0.15, -0.1) is 0 Å². The Labute approximate surface area is 246 Å². The molecule has 2 N–H and O–H groups in total. The Morgan fingerprint density at radius 2 is 1.77 bits per heavy atom. The topological polar surface area (TPSA) is 69.8 Å². The van der Waals surface area contributed by atoms with Gasteiger partial charge in [0.2, 0.25) is 5.56 Å². The van der Waals surface area contributed by atoms with Gasteiger partial charge in [0.1, 0.15) is 0 Å². The molecule has 5 rings (SSSR count). The van der Waals surface area contributed by atoms with E-state index in [9.17, 15) is 4.79 Å². The second-order valence-electron chi connectivity index (χ2n) is 10.9. The maximum Gasteiger partial charge on any atom is 0.250 e. The van der Waals surface area contributed by atoms with Crippen molar-refractivity contribution in [3.63, 3.8) is 0 Å². The molecule has 1 saturated heterocycles. The van der Waals surface area contributed by atoms with Crippen molar-refractivity contribution in [2.24, 2.45) is 0 Å². The van der Waals surface area contributed by atoms with Crippen molar-refractivity contribution in [2.75, 3.05) is 56.8 Å². The van der Waals surface area contributed by atoms with Crippen LogP contribution in [0.15, 0.2) is 72.9 Å². The normalized spacial score (nSPS) is 15.8. The molecule has 2 aromatic carbocycles. The summed E-state index contributed by atoms with van der Waals surface area (Å²) in [5.74, 6) is 0. The molecule has 7 nitrogen and oxygen atoms in total. The average molecular weight is 581 g/mol. The van der Waals surface area contributed by atoms with Crippen LogP contribution in [0.3, 0.4) is 0 Å². The molecule has 1 atom stereocenters. The van der Waals surface area contributed by atoms with Crippen LogP contribution in [0.4, 0.5) is 11.4 Å². The number of anilines is 2. The number of aromatic nitrogens is 1. The van der Waals surface area contributed by atoms with E-state index in [0.717, 1.165) is 42.3 Å². The lowest BCUT2D eigenvalue weighted by molar-refractivity contribution is 0.122. The number of fused-ring (bicyclic) bond motifs is 2. The third-order valence-electron chi connectivity index (χ3n) is 7.35. The molecule has 0 bridgehead atoms. The maximum absolute atomic E-state index is 12.7. The lowest BCUT2D eigenvalue weighted by Gasteiger charge is -2.34. The number of H-pyrrole nitrogens is 1. The van der Waals surface area contributed by atoms with E-state index >= 15 is 0 Å². The molecule has 0 spiro atoms. The average Bonchev–Trinajstić information content (AvgIpc) is 2.94. The number of ether oxygens (including phenoxy) is 2. The Kier molecular flexibility index (Phi) is 9.48. The van der Waals surface area contributed by atoms with E-state index in [1.165, 1.54) is 19.6 Å². The summed E-state index contributed by atoms with van der Waals surface area (Å²) in [7, 11) is 1.77. The van der Waals surface area contributed by atoms with Gasteiger partial charge in [-0.25, -0.2) is 0 Å². The summed E-state index contributed by atoms with van der Waals surface area (Å²) in [6.07, 6.45) is 0. The number of benzene rings is 2. The first kappa shape index (κ1) is 29.1. The van der Waals surface area contributed by atoms with E-state index in [2.05, 4.69) is 90.3 Å². The Morgan fingerprint density at radius 3 is 2.50 bits per heavy atom. The van der Waals surface area contributed by atoms with E-state index in [1.54, 1.807) is 36.7 Å². The minimum atomic E-state index is -0.0831. The largest absolute Gasteiger partial charge is 0.383 e. The summed E-state index contributed by atoms with van der Waals surface area (Å²) >= 11 is 3.56. The summed E-state index contributed by atoms with van der Waals surface area (Å²) in [5, 5.41) is 3.73. The lowest BCUT2D eigenvalue weighted by Crippen LogP contribution is -2.46. The molecular formula is C31H40N4O3S2. The van der Waals surface area contributed by atoms with E-state index in [0.29, 0.717) is 31.9 Å². The molecule has 1 aromatic heterocycles. The summed E-state index contributed by atoms with van der Waals surface area (Å²) in [4.78, 5) is 25.3. The minimum absolute atomic E-state index is 0.0831. The van der Waals surface area contributed by atoms with Gasteiger partial charge in [-0.05, 0) is 58.0 Å². The molecule has 9 heteroatoms. The molecule has 40 heavy (non-hydrogen) atoms. The number of rotatable bonds is 10. The minimum Gasteiger partial charge on any atom is -0.383 e. The molecule has 3 aromatic rings. The van der Waals surface area contributed by atoms with Crippen molar-refractivity contribution >= 4 is 34.9 Å². The maximum atomic E-state index is 12.7. The van der Waals surface area contributed by atoms with Crippen molar-refractivity contribution in [3.05, 3.63) is 58.9 Å². The van der Waals surface area contributed by atoms with Crippen LogP contribution in [-0.4, -0.2) is 74.6 Å². The highest BCUT2D eigenvalue weighted by Crippen LogP contribution is 2.52. The highest BCUT2D eigenvalue weighted by Gasteiger charge is 2.24. The molecule has 0 amide bonds. The van der Waals surface area contributed by atoms with Crippen molar-refractivity contribution in [1.82, 2.24) is 9.88 Å². The first-order chi connectivity index (χ1) is 19.3. The van der Waals surface area contributed by atoms with Crippen molar-refractivity contribution in [3.8, 4) is 11.3 Å². The monoisotopic (exact) mass is 580 g/mol. The number of hydrogen-bond donors (Lipinski definition) is 2. The van der Waals surface area contributed by atoms with Crippen molar-refractivity contribution in [2.45, 2.75) is 65.4 Å². The van der Waals surface area contributed by atoms with Crippen LogP contribution in [0.1, 0.15) is 27.7 Å². The standard InChI is InChI=1S/C31H40N4O3S2/c1-20(2)35(21(3)4)18-23(19-37-5)32-22-9-10-27-29(15-22)39-28-8-6-7-25(31(28)40-27)26-16-24(17-30(36)33-26)34-11-13-38-14-12-34/h6-10,15-17,20-21,23,32H,11-14,18-19H2,1-5H3,(H,33,36)/t23-/m0/s1. The summed E-state index contributed by atoms with van der Waals surface area (Å²) in [5.41, 5.74) is 3.87. The number of aromatic amines is 1. The van der Waals surface area contributed by atoms with Gasteiger partial charge in [-0.1, -0.05) is 35.7 Å². The Morgan fingerprint density at radius 1 is 1.00 bits per heavy atom. The van der Waals surface area contributed by atoms with Gasteiger partial charge in [0.15, 0.2) is 0 Å². The Bertz CT molecular complexity index is 1360. The van der Waals surface area contributed by atoms with Gasteiger partial charge in [0.05, 0.1) is 31.6 Å². The summed E-state index contributed by atoms with van der Waals surface area (Å²) in [6, 6.07) is 17.9. The fraction of sp³-hybridized carbons (Fsp3) is 0.452. The van der Waals surface area contributed by atoms with Crippen LogP contribution < -0.4 is 15.8 Å². The first-order valence-electron chi connectivity index (χ1n) is 14.0. The molecule has 1 fully saturated rings. The van der Waals surface area contributed by atoms with E-state index in [1.807, 2.05) is 0 Å². The zero-order valence-electron chi connectivity index (χ0n) is 24.0. The highest BCUT2D eigenvalue weighted by molar-refractivity contribution is 8.05. The lowest BCUT2D eigenvalue weighted by atomic mass is 10.1. The Hall–Kier alpha value is -2.43. The predicted octanol–water partition coefficient (Wildman–Crippen LogP) is 6.04. The molecule has 2 aliphatic rings. The number of nitrogens with zero attached hydrogens (tertiary/aromatic N) is 2. The number of hydrogen-bond acceptors (Lipinski definition) is 8. The van der Waals surface area contributed by atoms with Gasteiger partial charge >= 0.3 is 0 Å². The second kappa shape index (κ2) is 13.0. The molecule has 0 aliphatic carbocycles. The molecule has 214 valence electrons. The number of methoxy groups -OCH3 is 1. The summed E-state index contributed by atoms with van der Waals surface area (Å²) in [6.45, 7) is 13.5. The zero-order valence-corrected chi connectivity index (χ0v) is 25.7. The quantitative estimate of drug-likeness (QED) is 0.235. The third-order valence-corrected chi connectivity index (χ3v) is 9.94. The smallest absolute Gasteiger partial charge is 0.250 e.